The van der Waals surface area contributed by atoms with Crippen LogP contribution in [0, 0.1) is 0 Å². The lowest BCUT2D eigenvalue weighted by molar-refractivity contribution is 0.0698. The molecule has 2 heterocycles. The van der Waals surface area contributed by atoms with Crippen LogP contribution in [0.4, 0.5) is 0 Å². The molecule has 2 aromatic heterocycles. The fraction of sp³-hybridized carbons (Fsp3) is 0.125. The van der Waals surface area contributed by atoms with Crippen molar-refractivity contribution >= 4 is 29.4 Å². The van der Waals surface area contributed by atoms with Crippen LogP contribution in [0.15, 0.2) is 54.9 Å². The van der Waals surface area contributed by atoms with E-state index in [1.165, 1.54) is 5.56 Å². The number of halogens is 1. The first-order valence-corrected chi connectivity index (χ1v) is 6.47. The van der Waals surface area contributed by atoms with Crippen LogP contribution in [-0.4, -0.2) is 20.6 Å². The van der Waals surface area contributed by atoms with Crippen molar-refractivity contribution in [1.29, 1.82) is 0 Å². The number of aromatic carboxylic acids is 1. The van der Waals surface area contributed by atoms with Gasteiger partial charge in [0.15, 0.2) is 0 Å². The number of hydrogen-bond donors (Lipinski definition) is 1. The highest BCUT2D eigenvalue weighted by Crippen LogP contribution is 2.19. The molecule has 0 bridgehead atoms. The molecule has 21 heavy (non-hydrogen) atoms. The number of fused-ring (bicyclic) bond motifs is 1. The molecule has 5 heteroatoms. The summed E-state index contributed by atoms with van der Waals surface area (Å²) in [5, 5.41) is 9.23. The Hall–Kier alpha value is -2.33. The first kappa shape index (κ1) is 15.1. The maximum absolute atomic E-state index is 11.2. The van der Waals surface area contributed by atoms with Gasteiger partial charge in [0.25, 0.3) is 0 Å². The maximum atomic E-state index is 11.2. The van der Waals surface area contributed by atoms with Crippen molar-refractivity contribution in [2.75, 3.05) is 0 Å². The number of carboxylic acid groups (broad SMARTS) is 1. The van der Waals surface area contributed by atoms with Crippen LogP contribution in [0.25, 0.3) is 11.0 Å². The highest BCUT2D eigenvalue weighted by molar-refractivity contribution is 6.01. The van der Waals surface area contributed by atoms with Gasteiger partial charge >= 0.3 is 5.97 Å². The van der Waals surface area contributed by atoms with Crippen LogP contribution in [0.5, 0.6) is 0 Å². The van der Waals surface area contributed by atoms with Gasteiger partial charge in [0.05, 0.1) is 5.52 Å². The summed E-state index contributed by atoms with van der Waals surface area (Å²) in [5.41, 5.74) is 2.90. The molecule has 0 radical (unpaired) electrons. The van der Waals surface area contributed by atoms with E-state index in [0.717, 1.165) is 18.5 Å². The molecule has 1 N–H and O–H groups in total. The second-order valence-corrected chi connectivity index (χ2v) is 4.65. The number of nitrogens with zero attached hydrogens (tertiary/aromatic N) is 2. The average molecular weight is 303 g/mol. The van der Waals surface area contributed by atoms with Gasteiger partial charge in [-0.25, -0.2) is 4.79 Å². The van der Waals surface area contributed by atoms with E-state index in [1.54, 1.807) is 12.4 Å². The summed E-state index contributed by atoms with van der Waals surface area (Å²) < 4.78 is 1.96. The molecule has 1 aromatic carbocycles. The second-order valence-electron chi connectivity index (χ2n) is 4.65. The highest BCUT2D eigenvalue weighted by Gasteiger charge is 2.14. The SMILES string of the molecule is Cl.O=C(O)c1cn(CCc2ccccc2)c2cccnc12. The smallest absolute Gasteiger partial charge is 0.339 e. The third kappa shape index (κ3) is 3.06. The van der Waals surface area contributed by atoms with Gasteiger partial charge in [0, 0.05) is 18.9 Å². The lowest BCUT2D eigenvalue weighted by atomic mass is 10.1. The van der Waals surface area contributed by atoms with E-state index in [4.69, 9.17) is 0 Å². The number of pyridine rings is 1. The van der Waals surface area contributed by atoms with E-state index in [0.29, 0.717) is 5.52 Å². The minimum atomic E-state index is -0.938. The van der Waals surface area contributed by atoms with Crippen LogP contribution < -0.4 is 0 Å². The van der Waals surface area contributed by atoms with Crippen LogP contribution >= 0.6 is 12.4 Å². The van der Waals surface area contributed by atoms with Crippen molar-refractivity contribution in [2.45, 2.75) is 13.0 Å². The molecule has 3 aromatic rings. The summed E-state index contributed by atoms with van der Waals surface area (Å²) in [6.45, 7) is 0.736. The van der Waals surface area contributed by atoms with Gasteiger partial charge in [-0.1, -0.05) is 30.3 Å². The molecule has 4 nitrogen and oxygen atoms in total. The zero-order valence-electron chi connectivity index (χ0n) is 11.3. The molecule has 0 aliphatic carbocycles. The van der Waals surface area contributed by atoms with Gasteiger partial charge in [-0.05, 0) is 24.1 Å². The number of benzene rings is 1. The second kappa shape index (κ2) is 6.41. The van der Waals surface area contributed by atoms with Crippen molar-refractivity contribution in [1.82, 2.24) is 9.55 Å². The molecule has 0 aliphatic rings. The summed E-state index contributed by atoms with van der Waals surface area (Å²) in [5.74, 6) is -0.938. The van der Waals surface area contributed by atoms with E-state index in [1.807, 2.05) is 34.9 Å². The fourth-order valence-electron chi connectivity index (χ4n) is 2.36. The van der Waals surface area contributed by atoms with Gasteiger partial charge in [-0.15, -0.1) is 12.4 Å². The van der Waals surface area contributed by atoms with Crippen LogP contribution in [0.3, 0.4) is 0 Å². The summed E-state index contributed by atoms with van der Waals surface area (Å²) in [6, 6.07) is 13.9. The van der Waals surface area contributed by atoms with Gasteiger partial charge in [-0.2, -0.15) is 0 Å². The minimum absolute atomic E-state index is 0. The number of carbonyl (C=O) groups is 1. The Morgan fingerprint density at radius 3 is 2.62 bits per heavy atom. The summed E-state index contributed by atoms with van der Waals surface area (Å²) >= 11 is 0. The molecule has 0 fully saturated rings. The van der Waals surface area contributed by atoms with E-state index in [-0.39, 0.29) is 18.0 Å². The average Bonchev–Trinajstić information content (AvgIpc) is 2.85. The zero-order valence-corrected chi connectivity index (χ0v) is 12.1. The Morgan fingerprint density at radius 1 is 1.14 bits per heavy atom. The molecule has 0 saturated carbocycles. The number of carboxylic acids is 1. The molecule has 0 aliphatic heterocycles. The van der Waals surface area contributed by atoms with Crippen LogP contribution in [0.2, 0.25) is 0 Å². The van der Waals surface area contributed by atoms with Crippen molar-refractivity contribution in [3.8, 4) is 0 Å². The third-order valence-electron chi connectivity index (χ3n) is 3.35. The van der Waals surface area contributed by atoms with E-state index in [9.17, 15) is 9.90 Å². The molecule has 3 rings (SSSR count). The number of aryl methyl sites for hydroxylation is 2. The number of aromatic nitrogens is 2. The van der Waals surface area contributed by atoms with Crippen molar-refractivity contribution < 1.29 is 9.90 Å². The van der Waals surface area contributed by atoms with Gasteiger partial charge in [0.1, 0.15) is 11.1 Å². The Kier molecular flexibility index (Phi) is 4.60. The standard InChI is InChI=1S/C16H14N2O2.ClH/c19-16(20)13-11-18(14-7-4-9-17-15(13)14)10-8-12-5-2-1-3-6-12;/h1-7,9,11H,8,10H2,(H,19,20);1H. The molecule has 0 spiro atoms. The molecule has 108 valence electrons. The third-order valence-corrected chi connectivity index (χ3v) is 3.35. The molecule has 0 amide bonds. The van der Waals surface area contributed by atoms with Crippen molar-refractivity contribution in [3.05, 3.63) is 66.0 Å². The Labute approximate surface area is 128 Å². The van der Waals surface area contributed by atoms with Crippen molar-refractivity contribution in [3.63, 3.8) is 0 Å². The van der Waals surface area contributed by atoms with E-state index < -0.39 is 5.97 Å². The van der Waals surface area contributed by atoms with Gasteiger partial charge < -0.3 is 9.67 Å². The first-order chi connectivity index (χ1) is 9.75. The normalized spacial score (nSPS) is 10.3. The van der Waals surface area contributed by atoms with E-state index >= 15 is 0 Å². The predicted molar refractivity (Wildman–Crippen MR) is 84.1 cm³/mol. The minimum Gasteiger partial charge on any atom is -0.478 e. The molecular weight excluding hydrogens is 288 g/mol. The number of rotatable bonds is 4. The van der Waals surface area contributed by atoms with Gasteiger partial charge in [-0.3, -0.25) is 4.98 Å². The lowest BCUT2D eigenvalue weighted by Crippen LogP contribution is -2.00. The lowest BCUT2D eigenvalue weighted by Gasteiger charge is -2.05. The first-order valence-electron chi connectivity index (χ1n) is 6.47. The fourth-order valence-corrected chi connectivity index (χ4v) is 2.36. The van der Waals surface area contributed by atoms with E-state index in [2.05, 4.69) is 17.1 Å². The van der Waals surface area contributed by atoms with Crippen LogP contribution in [-0.2, 0) is 13.0 Å². The summed E-state index contributed by atoms with van der Waals surface area (Å²) in [6.07, 6.45) is 4.15. The van der Waals surface area contributed by atoms with Gasteiger partial charge in [0.2, 0.25) is 0 Å². The topological polar surface area (TPSA) is 55.1 Å². The number of hydrogen-bond acceptors (Lipinski definition) is 2. The molecule has 0 unspecified atom stereocenters. The zero-order chi connectivity index (χ0) is 13.9. The Bertz CT molecular complexity index is 753. The largest absolute Gasteiger partial charge is 0.478 e. The Balaban J connectivity index is 0.00000161. The summed E-state index contributed by atoms with van der Waals surface area (Å²) in [4.78, 5) is 15.4. The monoisotopic (exact) mass is 302 g/mol. The van der Waals surface area contributed by atoms with Crippen LogP contribution in [0.1, 0.15) is 15.9 Å². The van der Waals surface area contributed by atoms with Crippen molar-refractivity contribution in [2.24, 2.45) is 0 Å². The molecule has 0 atom stereocenters. The highest BCUT2D eigenvalue weighted by atomic mass is 35.5. The Morgan fingerprint density at radius 2 is 1.90 bits per heavy atom. The predicted octanol–water partition coefficient (Wildman–Crippen LogP) is 3.40. The summed E-state index contributed by atoms with van der Waals surface area (Å²) in [7, 11) is 0. The maximum Gasteiger partial charge on any atom is 0.339 e. The molecular formula is C16H15ClN2O2. The molecule has 0 saturated heterocycles. The quantitative estimate of drug-likeness (QED) is 0.803.